The third kappa shape index (κ3) is 2.77. The van der Waals surface area contributed by atoms with Crippen molar-refractivity contribution in [2.75, 3.05) is 11.4 Å². The average Bonchev–Trinajstić information content (AvgIpc) is 2.97. The highest BCUT2D eigenvalue weighted by Gasteiger charge is 2.32. The minimum atomic E-state index is -2.86. The van der Waals surface area contributed by atoms with Crippen molar-refractivity contribution in [3.8, 4) is 0 Å². The third-order valence-corrected chi connectivity index (χ3v) is 3.68. The van der Waals surface area contributed by atoms with Gasteiger partial charge in [0.15, 0.2) is 0 Å². The number of carbonyl (C=O) groups excluding carboxylic acids is 1. The largest absolute Gasteiger partial charge is 0.329 e. The van der Waals surface area contributed by atoms with Gasteiger partial charge in [0, 0.05) is 24.6 Å². The number of rotatable bonds is 3. The van der Waals surface area contributed by atoms with Crippen LogP contribution in [0.5, 0.6) is 0 Å². The summed E-state index contributed by atoms with van der Waals surface area (Å²) in [5, 5.41) is 0. The van der Waals surface area contributed by atoms with Crippen LogP contribution >= 0.6 is 0 Å². The highest BCUT2D eigenvalue weighted by atomic mass is 19.3. The third-order valence-electron chi connectivity index (χ3n) is 3.68. The molecule has 0 fully saturated rings. The van der Waals surface area contributed by atoms with Gasteiger partial charge in [0.1, 0.15) is 0 Å². The first kappa shape index (κ1) is 14.4. The van der Waals surface area contributed by atoms with Crippen LogP contribution in [0.25, 0.3) is 0 Å². The number of nitrogens with zero attached hydrogens (tertiary/aromatic N) is 3. The summed E-state index contributed by atoms with van der Waals surface area (Å²) in [6.45, 7) is -2.60. The Morgan fingerprint density at radius 2 is 2.09 bits per heavy atom. The number of hydrogen-bond acceptors (Lipinski definition) is 2. The van der Waals surface area contributed by atoms with Gasteiger partial charge in [-0.05, 0) is 29.7 Å². The van der Waals surface area contributed by atoms with Crippen molar-refractivity contribution in [3.63, 3.8) is 0 Å². The van der Waals surface area contributed by atoms with Crippen molar-refractivity contribution in [2.45, 2.75) is 19.5 Å². The molecule has 0 bridgehead atoms. The number of amides is 2. The molecule has 0 unspecified atom stereocenters. The minimum Gasteiger partial charge on any atom is -0.294 e. The van der Waals surface area contributed by atoms with E-state index in [2.05, 4.69) is 4.98 Å². The Morgan fingerprint density at radius 1 is 1.27 bits per heavy atom. The summed E-state index contributed by atoms with van der Waals surface area (Å²) in [5.41, 5.74) is 2.29. The summed E-state index contributed by atoms with van der Waals surface area (Å²) in [6.07, 6.45) is 3.74. The summed E-state index contributed by atoms with van der Waals surface area (Å²) >= 11 is 0. The van der Waals surface area contributed by atoms with Crippen molar-refractivity contribution in [1.82, 2.24) is 9.88 Å². The second-order valence-corrected chi connectivity index (χ2v) is 5.08. The molecule has 0 atom stereocenters. The number of benzene rings is 1. The Morgan fingerprint density at radius 3 is 2.82 bits per heavy atom. The summed E-state index contributed by atoms with van der Waals surface area (Å²) in [5.74, 6) is 0. The van der Waals surface area contributed by atoms with E-state index in [1.807, 2.05) is 12.1 Å². The van der Waals surface area contributed by atoms with E-state index < -0.39 is 12.6 Å². The molecular formula is C16H15F2N3O. The zero-order valence-corrected chi connectivity index (χ0v) is 11.8. The zero-order valence-electron chi connectivity index (χ0n) is 11.8. The van der Waals surface area contributed by atoms with Gasteiger partial charge < -0.3 is 0 Å². The van der Waals surface area contributed by atoms with Gasteiger partial charge in [-0.15, -0.1) is 0 Å². The second-order valence-electron chi connectivity index (χ2n) is 5.08. The highest BCUT2D eigenvalue weighted by Crippen LogP contribution is 2.29. The smallest absolute Gasteiger partial charge is 0.294 e. The molecule has 0 N–H and O–H groups in total. The quantitative estimate of drug-likeness (QED) is 0.816. The van der Waals surface area contributed by atoms with Crippen molar-refractivity contribution >= 4 is 11.7 Å². The fraction of sp³-hybridized carbons (Fsp3) is 0.250. The van der Waals surface area contributed by atoms with Crippen LogP contribution in [0.15, 0.2) is 48.8 Å². The van der Waals surface area contributed by atoms with E-state index in [9.17, 15) is 13.6 Å². The minimum absolute atomic E-state index is 0.164. The summed E-state index contributed by atoms with van der Waals surface area (Å²) in [4.78, 5) is 18.4. The highest BCUT2D eigenvalue weighted by molar-refractivity contribution is 5.94. The van der Waals surface area contributed by atoms with Gasteiger partial charge >= 0.3 is 12.6 Å². The van der Waals surface area contributed by atoms with Crippen molar-refractivity contribution in [1.29, 1.82) is 0 Å². The fourth-order valence-electron chi connectivity index (χ4n) is 2.60. The molecule has 1 aromatic heterocycles. The number of halogens is 2. The van der Waals surface area contributed by atoms with Gasteiger partial charge in [0.05, 0.1) is 6.54 Å². The number of pyridine rings is 1. The summed E-state index contributed by atoms with van der Waals surface area (Å²) in [7, 11) is 0. The predicted octanol–water partition coefficient (Wildman–Crippen LogP) is 3.29. The second kappa shape index (κ2) is 6.09. The maximum Gasteiger partial charge on any atom is 0.329 e. The van der Waals surface area contributed by atoms with E-state index >= 15 is 0 Å². The molecule has 0 radical (unpaired) electrons. The van der Waals surface area contributed by atoms with Gasteiger partial charge in [-0.1, -0.05) is 24.3 Å². The number of carbonyl (C=O) groups is 1. The molecular weight excluding hydrogens is 288 g/mol. The lowest BCUT2D eigenvalue weighted by molar-refractivity contribution is -0.000790. The van der Waals surface area contributed by atoms with Crippen LogP contribution in [0.2, 0.25) is 0 Å². The SMILES string of the molecule is O=C(N1CCc2ccccc21)N(Cc1cccnc1)C(F)F. The van der Waals surface area contributed by atoms with E-state index in [4.69, 9.17) is 0 Å². The van der Waals surface area contributed by atoms with Crippen molar-refractivity contribution in [3.05, 3.63) is 59.9 Å². The van der Waals surface area contributed by atoms with Crippen LogP contribution in [0, 0.1) is 0 Å². The normalized spacial score (nSPS) is 13.3. The number of fused-ring (bicyclic) bond motifs is 1. The Kier molecular flexibility index (Phi) is 4.00. The number of alkyl halides is 2. The maximum absolute atomic E-state index is 13.3. The molecule has 114 valence electrons. The van der Waals surface area contributed by atoms with Gasteiger partial charge in [-0.25, -0.2) is 4.79 Å². The van der Waals surface area contributed by atoms with E-state index in [1.54, 1.807) is 30.5 Å². The number of urea groups is 1. The monoisotopic (exact) mass is 303 g/mol. The number of hydrogen-bond donors (Lipinski definition) is 0. The molecule has 1 aliphatic rings. The molecule has 22 heavy (non-hydrogen) atoms. The molecule has 1 aromatic carbocycles. The fourth-order valence-corrected chi connectivity index (χ4v) is 2.60. The molecule has 6 heteroatoms. The first-order valence-corrected chi connectivity index (χ1v) is 7.00. The van der Waals surface area contributed by atoms with Crippen LogP contribution < -0.4 is 4.90 Å². The van der Waals surface area contributed by atoms with Crippen molar-refractivity contribution < 1.29 is 13.6 Å². The molecule has 2 aromatic rings. The number of para-hydroxylation sites is 1. The van der Waals surface area contributed by atoms with Gasteiger partial charge in [0.25, 0.3) is 0 Å². The topological polar surface area (TPSA) is 36.4 Å². The maximum atomic E-state index is 13.3. The molecule has 1 aliphatic heterocycles. The average molecular weight is 303 g/mol. The molecule has 0 saturated carbocycles. The van der Waals surface area contributed by atoms with Crippen molar-refractivity contribution in [2.24, 2.45) is 0 Å². The molecule has 0 aliphatic carbocycles. The van der Waals surface area contributed by atoms with Gasteiger partial charge in [-0.3, -0.25) is 14.8 Å². The van der Waals surface area contributed by atoms with E-state index in [0.717, 1.165) is 5.56 Å². The van der Waals surface area contributed by atoms with E-state index in [1.165, 1.54) is 11.1 Å². The van der Waals surface area contributed by atoms with Crippen LogP contribution in [0.3, 0.4) is 0 Å². The molecule has 0 saturated heterocycles. The standard InChI is InChI=1S/C16H15F2N3O/c17-15(18)21(11-12-4-3-8-19-10-12)16(22)20-9-7-13-5-1-2-6-14(13)20/h1-6,8,10,15H,7,9,11H2. The first-order chi connectivity index (χ1) is 10.7. The van der Waals surface area contributed by atoms with E-state index in [-0.39, 0.29) is 6.54 Å². The molecule has 3 rings (SSSR count). The van der Waals surface area contributed by atoms with Crippen LogP contribution in [-0.2, 0) is 13.0 Å². The van der Waals surface area contributed by atoms with Crippen LogP contribution in [-0.4, -0.2) is 29.0 Å². The lowest BCUT2D eigenvalue weighted by Gasteiger charge is -2.27. The van der Waals surface area contributed by atoms with Gasteiger partial charge in [0.2, 0.25) is 0 Å². The molecule has 4 nitrogen and oxygen atoms in total. The summed E-state index contributed by atoms with van der Waals surface area (Å²) < 4.78 is 26.6. The lowest BCUT2D eigenvalue weighted by Crippen LogP contribution is -2.44. The Balaban J connectivity index is 1.82. The van der Waals surface area contributed by atoms with Crippen LogP contribution in [0.1, 0.15) is 11.1 Å². The predicted molar refractivity (Wildman–Crippen MR) is 78.7 cm³/mol. The lowest BCUT2D eigenvalue weighted by atomic mass is 10.2. The van der Waals surface area contributed by atoms with E-state index in [0.29, 0.717) is 29.1 Å². The Bertz CT molecular complexity index is 663. The Hall–Kier alpha value is -2.50. The van der Waals surface area contributed by atoms with Crippen LogP contribution in [0.4, 0.5) is 19.3 Å². The molecule has 0 spiro atoms. The zero-order chi connectivity index (χ0) is 15.5. The Labute approximate surface area is 127 Å². The molecule has 2 heterocycles. The number of aromatic nitrogens is 1. The molecule has 2 amide bonds. The summed E-state index contributed by atoms with van der Waals surface area (Å²) in [6, 6.07) is 10.0. The van der Waals surface area contributed by atoms with Gasteiger partial charge in [-0.2, -0.15) is 8.78 Å². The number of anilines is 1. The first-order valence-electron chi connectivity index (χ1n) is 7.00.